The van der Waals surface area contributed by atoms with Crippen LogP contribution in [-0.2, 0) is 9.53 Å². The third-order valence-electron chi connectivity index (χ3n) is 0.684. The maximum absolute atomic E-state index is 10.5. The molecule has 0 aromatic carbocycles. The average molecular weight is 129 g/mol. The molecule has 52 valence electrons. The first-order valence-corrected chi connectivity index (χ1v) is 2.78. The Balaban J connectivity index is 3.27. The van der Waals surface area contributed by atoms with Crippen molar-refractivity contribution in [2.45, 2.75) is 6.92 Å². The zero-order valence-electron chi connectivity index (χ0n) is 5.76. The van der Waals surface area contributed by atoms with Crippen LogP contribution >= 0.6 is 0 Å². The fourth-order valence-corrected chi connectivity index (χ4v) is 0.410. The van der Waals surface area contributed by atoms with Crippen LogP contribution in [0.2, 0.25) is 0 Å². The van der Waals surface area contributed by atoms with Crippen LogP contribution in [0.15, 0.2) is 0 Å². The first-order valence-electron chi connectivity index (χ1n) is 2.78. The Morgan fingerprint density at radius 2 is 2.33 bits per heavy atom. The van der Waals surface area contributed by atoms with Crippen molar-refractivity contribution in [3.8, 4) is 0 Å². The number of ether oxygens (including phenoxy) is 1. The van der Waals surface area contributed by atoms with E-state index in [1.807, 2.05) is 0 Å². The average Bonchev–Trinajstić information content (AvgIpc) is 1.63. The second-order valence-electron chi connectivity index (χ2n) is 1.72. The first kappa shape index (κ1) is 8.43. The lowest BCUT2D eigenvalue weighted by Crippen LogP contribution is -2.21. The number of nitrogens with zero attached hydrogens (tertiary/aromatic N) is 1. The lowest BCUT2D eigenvalue weighted by molar-refractivity contribution is -0.143. The molecular weight excluding hydrogens is 118 g/mol. The Kier molecular flexibility index (Phi) is 4.05. The summed E-state index contributed by atoms with van der Waals surface area (Å²) < 4.78 is 4.59. The number of esters is 1. The number of rotatable bonds is 3. The molecule has 0 aliphatic heterocycles. The zero-order valence-corrected chi connectivity index (χ0v) is 5.76. The predicted octanol–water partition coefficient (Wildman–Crippen LogP) is 0.150. The minimum Gasteiger partial charge on any atom is -0.465 e. The molecule has 0 saturated heterocycles. The van der Waals surface area contributed by atoms with Crippen LogP contribution in [-0.4, -0.2) is 31.1 Å². The molecule has 0 rings (SSSR count). The van der Waals surface area contributed by atoms with Crippen molar-refractivity contribution < 1.29 is 9.53 Å². The van der Waals surface area contributed by atoms with Gasteiger partial charge in [0.25, 0.3) is 0 Å². The molecule has 0 aromatic rings. The van der Waals surface area contributed by atoms with Gasteiger partial charge in [-0.05, 0) is 14.0 Å². The lowest BCUT2D eigenvalue weighted by atomic mass is 10.6. The minimum absolute atomic E-state index is 0.147. The number of carbonyl (C=O) groups excluding carboxylic acids is 1. The summed E-state index contributed by atoms with van der Waals surface area (Å²) in [7, 11) is 6.76. The topological polar surface area (TPSA) is 29.5 Å². The van der Waals surface area contributed by atoms with Crippen molar-refractivity contribution in [2.75, 3.05) is 20.2 Å². The summed E-state index contributed by atoms with van der Waals surface area (Å²) in [6, 6.07) is 0. The van der Waals surface area contributed by atoms with E-state index in [1.165, 1.54) is 4.90 Å². The number of carbonyl (C=O) groups is 1. The Bertz CT molecular complexity index is 91.1. The van der Waals surface area contributed by atoms with Gasteiger partial charge < -0.3 is 4.74 Å². The van der Waals surface area contributed by atoms with Gasteiger partial charge in [0, 0.05) is 7.05 Å². The smallest absolute Gasteiger partial charge is 0.320 e. The molecule has 0 amide bonds. The van der Waals surface area contributed by atoms with Gasteiger partial charge in [0.1, 0.15) is 0 Å². The van der Waals surface area contributed by atoms with Crippen LogP contribution in [0.25, 0.3) is 0 Å². The van der Waals surface area contributed by atoms with E-state index in [0.717, 1.165) is 0 Å². The van der Waals surface area contributed by atoms with Gasteiger partial charge in [-0.25, -0.2) is 0 Å². The number of hydrogen-bond acceptors (Lipinski definition) is 3. The summed E-state index contributed by atoms with van der Waals surface area (Å²) in [5.41, 5.74) is 0. The van der Waals surface area contributed by atoms with Crippen LogP contribution in [0.4, 0.5) is 0 Å². The maximum atomic E-state index is 10.5. The number of likely N-dealkylation sites (N-methyl/N-ethyl adjacent to an activating group) is 1. The van der Waals surface area contributed by atoms with E-state index in [2.05, 4.69) is 4.74 Å². The predicted molar refractivity (Wildman–Crippen MR) is 33.6 cm³/mol. The first-order chi connectivity index (χ1) is 4.16. The molecule has 0 unspecified atom stereocenters. The number of hydrogen-bond donors (Lipinski definition) is 0. The third-order valence-corrected chi connectivity index (χ3v) is 0.684. The summed E-state index contributed by atoms with van der Waals surface area (Å²) in [6.07, 6.45) is 0. The highest BCUT2D eigenvalue weighted by atomic mass is 16.5. The molecule has 0 aromatic heterocycles. The van der Waals surface area contributed by atoms with Crippen molar-refractivity contribution in [3.63, 3.8) is 0 Å². The quantitative estimate of drug-likeness (QED) is 0.401. The van der Waals surface area contributed by atoms with E-state index in [9.17, 15) is 4.79 Å². The highest BCUT2D eigenvalue weighted by molar-refractivity contribution is 5.71. The van der Waals surface area contributed by atoms with E-state index in [-0.39, 0.29) is 12.5 Å². The molecule has 3 heteroatoms. The zero-order chi connectivity index (χ0) is 7.28. The van der Waals surface area contributed by atoms with Gasteiger partial charge in [-0.2, -0.15) is 0 Å². The molecule has 0 heterocycles. The van der Waals surface area contributed by atoms with Gasteiger partial charge in [-0.1, -0.05) is 0 Å². The molecule has 0 aliphatic carbocycles. The van der Waals surface area contributed by atoms with E-state index < -0.39 is 0 Å². The SMILES string of the molecule is [CH]N(C)CC(=O)OCC. The van der Waals surface area contributed by atoms with Gasteiger partial charge >= 0.3 is 5.97 Å². The van der Waals surface area contributed by atoms with Gasteiger partial charge in [0.05, 0.1) is 13.2 Å². The third kappa shape index (κ3) is 5.30. The summed E-state index contributed by atoms with van der Waals surface area (Å²) in [6.45, 7) is 2.31. The molecule has 0 aliphatic rings. The largest absolute Gasteiger partial charge is 0.465 e. The summed E-state index contributed by atoms with van der Waals surface area (Å²) in [5.74, 6) is -0.289. The van der Waals surface area contributed by atoms with Crippen LogP contribution in [0.1, 0.15) is 6.92 Å². The van der Waals surface area contributed by atoms with Crippen LogP contribution < -0.4 is 0 Å². The molecule has 9 heavy (non-hydrogen) atoms. The Labute approximate surface area is 55.6 Å². The highest BCUT2D eigenvalue weighted by Crippen LogP contribution is 1.81. The molecule has 0 saturated carbocycles. The van der Waals surface area contributed by atoms with Gasteiger partial charge in [-0.15, -0.1) is 0 Å². The van der Waals surface area contributed by atoms with Crippen LogP contribution in [0.3, 0.4) is 0 Å². The molecular formula is C6H11NO2. The molecule has 2 radical (unpaired) electrons. The second kappa shape index (κ2) is 4.32. The van der Waals surface area contributed by atoms with E-state index in [4.69, 9.17) is 7.05 Å². The van der Waals surface area contributed by atoms with E-state index >= 15 is 0 Å². The van der Waals surface area contributed by atoms with Crippen molar-refractivity contribution in [1.82, 2.24) is 4.90 Å². The molecule has 0 bridgehead atoms. The van der Waals surface area contributed by atoms with Crippen molar-refractivity contribution in [1.29, 1.82) is 0 Å². The summed E-state index contributed by atoms with van der Waals surface area (Å²) in [5, 5.41) is 0. The van der Waals surface area contributed by atoms with Crippen molar-refractivity contribution in [3.05, 3.63) is 7.05 Å². The highest BCUT2D eigenvalue weighted by Gasteiger charge is 2.00. The minimum atomic E-state index is -0.289. The van der Waals surface area contributed by atoms with E-state index in [0.29, 0.717) is 6.61 Å². The summed E-state index contributed by atoms with van der Waals surface area (Å²) in [4.78, 5) is 11.8. The molecule has 0 spiro atoms. The van der Waals surface area contributed by atoms with Gasteiger partial charge in [-0.3, -0.25) is 9.69 Å². The lowest BCUT2D eigenvalue weighted by Gasteiger charge is -2.06. The maximum Gasteiger partial charge on any atom is 0.320 e. The fourth-order valence-electron chi connectivity index (χ4n) is 0.410. The summed E-state index contributed by atoms with van der Waals surface area (Å²) >= 11 is 0. The van der Waals surface area contributed by atoms with Crippen LogP contribution in [0.5, 0.6) is 0 Å². The second-order valence-corrected chi connectivity index (χ2v) is 1.72. The molecule has 0 N–H and O–H groups in total. The normalized spacial score (nSPS) is 9.78. The Morgan fingerprint density at radius 3 is 2.67 bits per heavy atom. The molecule has 0 fully saturated rings. The van der Waals surface area contributed by atoms with Gasteiger partial charge in [0.2, 0.25) is 0 Å². The van der Waals surface area contributed by atoms with Gasteiger partial charge in [0.15, 0.2) is 0 Å². The van der Waals surface area contributed by atoms with E-state index in [1.54, 1.807) is 14.0 Å². The van der Waals surface area contributed by atoms with Crippen molar-refractivity contribution in [2.24, 2.45) is 0 Å². The Hall–Kier alpha value is -0.570. The Morgan fingerprint density at radius 1 is 1.78 bits per heavy atom. The molecule has 0 atom stereocenters. The van der Waals surface area contributed by atoms with Crippen molar-refractivity contribution >= 4 is 5.97 Å². The monoisotopic (exact) mass is 129 g/mol. The van der Waals surface area contributed by atoms with Crippen LogP contribution in [0, 0.1) is 7.05 Å². The molecule has 3 nitrogen and oxygen atoms in total. The standard InChI is InChI=1S/C6H11NO2/c1-4-9-6(8)5-7(2)3/h2H,4-5H2,1,3H3. The fraction of sp³-hybridized carbons (Fsp3) is 0.667.